The quantitative estimate of drug-likeness (QED) is 0.163. The highest BCUT2D eigenvalue weighted by Gasteiger charge is 2.49. The third-order valence-electron chi connectivity index (χ3n) is 9.40. The number of hydrogen-bond acceptors (Lipinski definition) is 8. The van der Waals surface area contributed by atoms with E-state index in [4.69, 9.17) is 4.74 Å². The molecule has 3 aromatic carbocycles. The second kappa shape index (κ2) is 12.9. The molecule has 6 rings (SSSR count). The second-order valence-electron chi connectivity index (χ2n) is 14.5. The lowest BCUT2D eigenvalue weighted by Crippen LogP contribution is -2.45. The van der Waals surface area contributed by atoms with Crippen LogP contribution in [0.5, 0.6) is 11.5 Å². The van der Waals surface area contributed by atoms with Gasteiger partial charge in [-0.2, -0.15) is 0 Å². The standard InChI is InChI=1S/C37H35Br2N3O7/c1-36(2)17-27-33(29(43)19-36)32(34-28(18-37(3,4)20-30(34)44)40(27)13-12-21-8-6-5-7-9-21)22-14-24(38)35(25(39)15-22)49-31-11-10-23(41(45)46)16-26(31)42(47)48/h5-11,14-16,32H,12-13,17-20H2,1-4H3. The molecule has 0 aromatic heterocycles. The molecule has 0 saturated carbocycles. The summed E-state index contributed by atoms with van der Waals surface area (Å²) in [6.07, 6.45) is 2.81. The van der Waals surface area contributed by atoms with E-state index in [1.54, 1.807) is 12.1 Å². The van der Waals surface area contributed by atoms with E-state index in [0.717, 1.165) is 29.9 Å². The number of hydrogen-bond donors (Lipinski definition) is 0. The van der Waals surface area contributed by atoms with Crippen molar-refractivity contribution in [2.75, 3.05) is 6.54 Å². The van der Waals surface area contributed by atoms with Gasteiger partial charge in [-0.15, -0.1) is 0 Å². The largest absolute Gasteiger partial charge is 0.448 e. The summed E-state index contributed by atoms with van der Waals surface area (Å²) in [7, 11) is 0. The summed E-state index contributed by atoms with van der Waals surface area (Å²) in [6, 6.07) is 17.0. The van der Waals surface area contributed by atoms with Crippen molar-refractivity contribution in [3.8, 4) is 11.5 Å². The van der Waals surface area contributed by atoms with Gasteiger partial charge >= 0.3 is 5.69 Å². The minimum absolute atomic E-state index is 0.0132. The summed E-state index contributed by atoms with van der Waals surface area (Å²) in [4.78, 5) is 52.3. The van der Waals surface area contributed by atoms with Gasteiger partial charge in [0.25, 0.3) is 5.69 Å². The van der Waals surface area contributed by atoms with Crippen LogP contribution in [0.15, 0.2) is 92.1 Å². The van der Waals surface area contributed by atoms with Gasteiger partial charge in [-0.05, 0) is 91.3 Å². The lowest BCUT2D eigenvalue weighted by molar-refractivity contribution is -0.394. The first-order valence-corrected chi connectivity index (χ1v) is 17.6. The summed E-state index contributed by atoms with van der Waals surface area (Å²) >= 11 is 7.16. The number of nitro benzene ring substituents is 2. The SMILES string of the molecule is CC1(C)CC(=O)C2=C(C1)N(CCc1ccccc1)C1=C(C(=O)CC(C)(C)C1)C2c1cc(Br)c(Oc2ccc([N+](=O)[O-])cc2[N+](=O)[O-])c(Br)c1. The van der Waals surface area contributed by atoms with E-state index in [1.165, 1.54) is 11.6 Å². The number of ketones is 2. The number of Topliss-reactive ketones (excluding diaryl/α,β-unsaturated/α-hetero) is 2. The van der Waals surface area contributed by atoms with Gasteiger partial charge in [0.2, 0.25) is 5.75 Å². The highest BCUT2D eigenvalue weighted by atomic mass is 79.9. The Morgan fingerprint density at radius 1 is 0.796 bits per heavy atom. The maximum absolute atomic E-state index is 14.2. The van der Waals surface area contributed by atoms with Crippen LogP contribution in [-0.2, 0) is 16.0 Å². The van der Waals surface area contributed by atoms with Crippen LogP contribution >= 0.6 is 31.9 Å². The molecule has 49 heavy (non-hydrogen) atoms. The van der Waals surface area contributed by atoms with Crippen molar-refractivity contribution in [1.29, 1.82) is 0 Å². The molecule has 0 fully saturated rings. The van der Waals surface area contributed by atoms with Crippen molar-refractivity contribution in [2.45, 2.75) is 65.7 Å². The van der Waals surface area contributed by atoms with Crippen LogP contribution in [0.4, 0.5) is 11.4 Å². The fourth-order valence-corrected chi connectivity index (χ4v) is 8.72. The average Bonchev–Trinajstić information content (AvgIpc) is 3.00. The Kier molecular flexibility index (Phi) is 9.16. The minimum Gasteiger partial charge on any atom is -0.448 e. The highest BCUT2D eigenvalue weighted by molar-refractivity contribution is 9.11. The molecule has 3 aliphatic rings. The Hall–Kier alpha value is -4.16. The van der Waals surface area contributed by atoms with Crippen molar-refractivity contribution < 1.29 is 24.2 Å². The van der Waals surface area contributed by atoms with Crippen molar-refractivity contribution in [3.05, 3.63) is 124 Å². The topological polar surface area (TPSA) is 133 Å². The molecule has 12 heteroatoms. The van der Waals surface area contributed by atoms with Gasteiger partial charge in [0.1, 0.15) is 0 Å². The van der Waals surface area contributed by atoms with E-state index >= 15 is 0 Å². The number of allylic oxidation sites excluding steroid dienone is 4. The van der Waals surface area contributed by atoms with Crippen LogP contribution < -0.4 is 4.74 Å². The number of non-ortho nitro benzene ring substituents is 1. The molecule has 0 N–H and O–H groups in total. The van der Waals surface area contributed by atoms with Crippen LogP contribution in [0, 0.1) is 31.1 Å². The Balaban J connectivity index is 1.48. The molecule has 0 unspecified atom stereocenters. The van der Waals surface area contributed by atoms with Crippen molar-refractivity contribution >= 4 is 54.8 Å². The Bertz CT molecular complexity index is 1910. The zero-order valence-electron chi connectivity index (χ0n) is 27.5. The number of halogens is 2. The first-order valence-electron chi connectivity index (χ1n) is 16.0. The number of rotatable bonds is 8. The summed E-state index contributed by atoms with van der Waals surface area (Å²) in [6.45, 7) is 9.06. The summed E-state index contributed by atoms with van der Waals surface area (Å²) < 4.78 is 6.83. The van der Waals surface area contributed by atoms with Crippen LogP contribution in [0.2, 0.25) is 0 Å². The monoisotopic (exact) mass is 791 g/mol. The summed E-state index contributed by atoms with van der Waals surface area (Å²) in [5.41, 5.74) is 3.54. The molecule has 0 atom stereocenters. The van der Waals surface area contributed by atoms with Crippen molar-refractivity contribution in [1.82, 2.24) is 4.90 Å². The first-order chi connectivity index (χ1) is 23.0. The van der Waals surface area contributed by atoms with Gasteiger partial charge in [0, 0.05) is 53.9 Å². The first kappa shape index (κ1) is 34.7. The minimum atomic E-state index is -0.738. The zero-order valence-corrected chi connectivity index (χ0v) is 30.7. The smallest absolute Gasteiger partial charge is 0.318 e. The molecule has 0 spiro atoms. The highest BCUT2D eigenvalue weighted by Crippen LogP contribution is 2.55. The molecule has 10 nitrogen and oxygen atoms in total. The maximum Gasteiger partial charge on any atom is 0.318 e. The molecule has 254 valence electrons. The molecular weight excluding hydrogens is 758 g/mol. The molecule has 0 saturated heterocycles. The number of carbonyl (C=O) groups is 2. The molecule has 0 radical (unpaired) electrons. The lowest BCUT2D eigenvalue weighted by atomic mass is 9.63. The van der Waals surface area contributed by atoms with Gasteiger partial charge in [0.05, 0.1) is 24.9 Å². The lowest BCUT2D eigenvalue weighted by Gasteiger charge is -2.49. The number of nitrogens with zero attached hydrogens (tertiary/aromatic N) is 3. The van der Waals surface area contributed by atoms with Gasteiger partial charge < -0.3 is 9.64 Å². The van der Waals surface area contributed by atoms with E-state index in [9.17, 15) is 29.8 Å². The third-order valence-corrected chi connectivity index (χ3v) is 10.6. The van der Waals surface area contributed by atoms with Crippen LogP contribution in [0.25, 0.3) is 0 Å². The molecule has 1 heterocycles. The maximum atomic E-state index is 14.2. The Morgan fingerprint density at radius 2 is 1.35 bits per heavy atom. The fraction of sp³-hybridized carbons (Fsp3) is 0.351. The van der Waals surface area contributed by atoms with E-state index in [1.807, 2.05) is 18.2 Å². The molecule has 2 aliphatic carbocycles. The molecule has 0 amide bonds. The number of nitro groups is 2. The van der Waals surface area contributed by atoms with Gasteiger partial charge in [-0.1, -0.05) is 58.0 Å². The summed E-state index contributed by atoms with van der Waals surface area (Å²) in [5.74, 6) is -0.559. The van der Waals surface area contributed by atoms with Gasteiger partial charge in [-0.25, -0.2) is 0 Å². The number of benzene rings is 3. The van der Waals surface area contributed by atoms with Crippen molar-refractivity contribution in [2.24, 2.45) is 10.8 Å². The van der Waals surface area contributed by atoms with Crippen molar-refractivity contribution in [3.63, 3.8) is 0 Å². The Labute approximate surface area is 300 Å². The van der Waals surface area contributed by atoms with Crippen LogP contribution in [0.3, 0.4) is 0 Å². The second-order valence-corrected chi connectivity index (χ2v) is 16.2. The van der Waals surface area contributed by atoms with E-state index in [0.29, 0.717) is 57.9 Å². The van der Waals surface area contributed by atoms with Crippen LogP contribution in [-0.4, -0.2) is 32.9 Å². The molecular formula is C37H35Br2N3O7. The normalized spacial score (nSPS) is 18.7. The summed E-state index contributed by atoms with van der Waals surface area (Å²) in [5, 5.41) is 23.0. The average molecular weight is 794 g/mol. The molecule has 1 aliphatic heterocycles. The van der Waals surface area contributed by atoms with Crippen LogP contribution in [0.1, 0.15) is 70.4 Å². The van der Waals surface area contributed by atoms with E-state index in [2.05, 4.69) is 76.6 Å². The Morgan fingerprint density at radius 3 is 1.86 bits per heavy atom. The zero-order chi connectivity index (χ0) is 35.4. The predicted molar refractivity (Wildman–Crippen MR) is 191 cm³/mol. The molecule has 0 bridgehead atoms. The number of carbonyl (C=O) groups excluding carboxylic acids is 2. The number of ether oxygens (including phenoxy) is 1. The van der Waals surface area contributed by atoms with Gasteiger partial charge in [-0.3, -0.25) is 29.8 Å². The van der Waals surface area contributed by atoms with E-state index in [-0.39, 0.29) is 33.9 Å². The molecule has 3 aromatic rings. The van der Waals surface area contributed by atoms with E-state index < -0.39 is 27.1 Å². The van der Waals surface area contributed by atoms with Gasteiger partial charge in [0.15, 0.2) is 17.3 Å². The third kappa shape index (κ3) is 6.85. The fourth-order valence-electron chi connectivity index (χ4n) is 7.34. The predicted octanol–water partition coefficient (Wildman–Crippen LogP) is 9.75.